The minimum absolute atomic E-state index is 0.0481. The van der Waals surface area contributed by atoms with Crippen LogP contribution in [0.25, 0.3) is 0 Å². The van der Waals surface area contributed by atoms with E-state index in [0.717, 1.165) is 0 Å². The van der Waals surface area contributed by atoms with E-state index in [1.807, 2.05) is 0 Å². The number of amides is 2. The molecule has 0 aromatic carbocycles. The number of hydrogen-bond donors (Lipinski definition) is 1. The van der Waals surface area contributed by atoms with Gasteiger partial charge >= 0.3 is 12.2 Å². The van der Waals surface area contributed by atoms with Gasteiger partial charge < -0.3 is 24.4 Å². The summed E-state index contributed by atoms with van der Waals surface area (Å²) in [5.74, 6) is -0.720. The zero-order valence-electron chi connectivity index (χ0n) is 17.9. The third-order valence-corrected chi connectivity index (χ3v) is 5.00. The lowest BCUT2D eigenvalue weighted by molar-refractivity contribution is -0.142. The number of likely N-dealkylation sites (tertiary alicyclic amines) is 2. The molecule has 2 aliphatic heterocycles. The Balaban J connectivity index is 2.00. The van der Waals surface area contributed by atoms with Crippen LogP contribution in [0, 0.1) is 5.92 Å². The highest BCUT2D eigenvalue weighted by atomic mass is 16.6. The molecular weight excluding hydrogens is 364 g/mol. The second kappa shape index (κ2) is 7.89. The summed E-state index contributed by atoms with van der Waals surface area (Å²) in [6.45, 7) is 11.8. The number of carbonyl (C=O) groups excluding carboxylic acids is 3. The normalized spacial score (nSPS) is 23.4. The third kappa shape index (κ3) is 5.83. The van der Waals surface area contributed by atoms with Gasteiger partial charge in [0.25, 0.3) is 0 Å². The van der Waals surface area contributed by atoms with Gasteiger partial charge in [-0.25, -0.2) is 9.59 Å². The van der Waals surface area contributed by atoms with Crippen LogP contribution >= 0.6 is 0 Å². The quantitative estimate of drug-likeness (QED) is 0.729. The number of rotatable bonds is 1. The van der Waals surface area contributed by atoms with Crippen molar-refractivity contribution < 1.29 is 29.0 Å². The average molecular weight is 399 g/mol. The first-order valence-corrected chi connectivity index (χ1v) is 9.91. The van der Waals surface area contributed by atoms with E-state index in [2.05, 4.69) is 0 Å². The van der Waals surface area contributed by atoms with Crippen LogP contribution in [0.15, 0.2) is 0 Å². The molecule has 0 aromatic rings. The van der Waals surface area contributed by atoms with Crippen LogP contribution in [0.2, 0.25) is 0 Å². The van der Waals surface area contributed by atoms with Gasteiger partial charge in [-0.2, -0.15) is 0 Å². The number of ketones is 1. The molecule has 0 saturated carbocycles. The van der Waals surface area contributed by atoms with Gasteiger partial charge in [-0.15, -0.1) is 0 Å². The van der Waals surface area contributed by atoms with Crippen molar-refractivity contribution in [3.05, 3.63) is 0 Å². The Kier molecular flexibility index (Phi) is 6.33. The predicted octanol–water partition coefficient (Wildman–Crippen LogP) is 2.57. The van der Waals surface area contributed by atoms with E-state index in [1.54, 1.807) is 46.4 Å². The molecule has 8 heteroatoms. The van der Waals surface area contributed by atoms with Crippen molar-refractivity contribution >= 4 is 18.0 Å². The molecule has 0 radical (unpaired) electrons. The predicted molar refractivity (Wildman–Crippen MR) is 103 cm³/mol. The lowest BCUT2D eigenvalue weighted by Crippen LogP contribution is -2.58. The number of piperidine rings is 2. The summed E-state index contributed by atoms with van der Waals surface area (Å²) < 4.78 is 10.8. The molecule has 0 aromatic heterocycles. The molecule has 0 spiro atoms. The fourth-order valence-corrected chi connectivity index (χ4v) is 3.55. The summed E-state index contributed by atoms with van der Waals surface area (Å²) in [6, 6.07) is 0. The second-order valence-corrected chi connectivity index (χ2v) is 9.77. The number of carbonyl (C=O) groups is 3. The first-order valence-electron chi connectivity index (χ1n) is 9.91. The van der Waals surface area contributed by atoms with Crippen LogP contribution in [0.3, 0.4) is 0 Å². The zero-order chi connectivity index (χ0) is 21.3. The van der Waals surface area contributed by atoms with E-state index in [1.165, 1.54) is 4.90 Å². The van der Waals surface area contributed by atoms with Crippen LogP contribution in [-0.2, 0) is 14.3 Å². The van der Waals surface area contributed by atoms with Gasteiger partial charge in [0, 0.05) is 32.6 Å². The van der Waals surface area contributed by atoms with Crippen molar-refractivity contribution in [1.29, 1.82) is 0 Å². The molecular formula is C20H34N2O6. The van der Waals surface area contributed by atoms with E-state index in [0.29, 0.717) is 19.6 Å². The maximum Gasteiger partial charge on any atom is 0.410 e. The highest BCUT2D eigenvalue weighted by Crippen LogP contribution is 2.34. The lowest BCUT2D eigenvalue weighted by Gasteiger charge is -2.45. The van der Waals surface area contributed by atoms with Gasteiger partial charge in [0.2, 0.25) is 0 Å². The highest BCUT2D eigenvalue weighted by molar-refractivity contribution is 5.85. The standard InChI is InChI=1S/C20H34N2O6/c1-18(2,3)27-16(24)21-11-8-20(26,9-12-21)14-13-22(10-7-15(14)23)17(25)28-19(4,5)6/h14,26H,7-13H2,1-6H3/t14-/m1/s1. The Morgan fingerprint density at radius 3 is 1.86 bits per heavy atom. The zero-order valence-corrected chi connectivity index (χ0v) is 17.9. The average Bonchev–Trinajstić information content (AvgIpc) is 2.52. The monoisotopic (exact) mass is 398 g/mol. The van der Waals surface area contributed by atoms with Gasteiger partial charge in [-0.05, 0) is 54.4 Å². The number of Topliss-reactive ketones (excluding diaryl/α,β-unsaturated/α-hetero) is 1. The lowest BCUT2D eigenvalue weighted by atomic mass is 9.75. The minimum atomic E-state index is -1.24. The summed E-state index contributed by atoms with van der Waals surface area (Å²) in [6.07, 6.45) is -0.155. The number of nitrogens with zero attached hydrogens (tertiary/aromatic N) is 2. The summed E-state index contributed by atoms with van der Waals surface area (Å²) in [5, 5.41) is 11.2. The Morgan fingerprint density at radius 2 is 1.39 bits per heavy atom. The Morgan fingerprint density at radius 1 is 0.929 bits per heavy atom. The maximum absolute atomic E-state index is 12.5. The van der Waals surface area contributed by atoms with Crippen molar-refractivity contribution in [2.75, 3.05) is 26.2 Å². The van der Waals surface area contributed by atoms with Gasteiger partial charge in [0.1, 0.15) is 17.0 Å². The highest BCUT2D eigenvalue weighted by Gasteiger charge is 2.47. The van der Waals surface area contributed by atoms with E-state index >= 15 is 0 Å². The molecule has 0 unspecified atom stereocenters. The van der Waals surface area contributed by atoms with E-state index in [4.69, 9.17) is 9.47 Å². The van der Waals surface area contributed by atoms with Gasteiger partial charge in [-0.3, -0.25) is 4.79 Å². The molecule has 2 heterocycles. The number of ether oxygens (including phenoxy) is 2. The van der Waals surface area contributed by atoms with Crippen molar-refractivity contribution in [3.63, 3.8) is 0 Å². The topological polar surface area (TPSA) is 96.4 Å². The summed E-state index contributed by atoms with van der Waals surface area (Å²) in [7, 11) is 0. The van der Waals surface area contributed by atoms with Gasteiger partial charge in [0.15, 0.2) is 0 Å². The summed E-state index contributed by atoms with van der Waals surface area (Å²) in [5.41, 5.74) is -2.45. The molecule has 2 amide bonds. The molecule has 8 nitrogen and oxygen atoms in total. The fraction of sp³-hybridized carbons (Fsp3) is 0.850. The van der Waals surface area contributed by atoms with Crippen LogP contribution in [0.1, 0.15) is 60.8 Å². The van der Waals surface area contributed by atoms with Crippen LogP contribution in [0.5, 0.6) is 0 Å². The smallest absolute Gasteiger partial charge is 0.410 e. The van der Waals surface area contributed by atoms with E-state index in [-0.39, 0.29) is 31.6 Å². The van der Waals surface area contributed by atoms with Crippen LogP contribution < -0.4 is 0 Å². The molecule has 2 saturated heterocycles. The third-order valence-electron chi connectivity index (χ3n) is 5.00. The summed E-state index contributed by atoms with van der Waals surface area (Å²) >= 11 is 0. The van der Waals surface area contributed by atoms with Gasteiger partial charge in [0.05, 0.1) is 11.5 Å². The van der Waals surface area contributed by atoms with Crippen molar-refractivity contribution in [2.24, 2.45) is 5.92 Å². The molecule has 2 aliphatic rings. The number of aliphatic hydroxyl groups is 1. The largest absolute Gasteiger partial charge is 0.444 e. The van der Waals surface area contributed by atoms with E-state index in [9.17, 15) is 19.5 Å². The molecule has 1 N–H and O–H groups in total. The minimum Gasteiger partial charge on any atom is -0.444 e. The Bertz CT molecular complexity index is 611. The maximum atomic E-state index is 12.5. The molecule has 0 bridgehead atoms. The van der Waals surface area contributed by atoms with Crippen molar-refractivity contribution in [3.8, 4) is 0 Å². The SMILES string of the molecule is CC(C)(C)OC(=O)N1CCC(O)([C@@H]2CN(C(=O)OC(C)(C)C)CCC2=O)CC1. The van der Waals surface area contributed by atoms with Crippen LogP contribution in [0.4, 0.5) is 9.59 Å². The summed E-state index contributed by atoms with van der Waals surface area (Å²) in [4.78, 5) is 40.2. The van der Waals surface area contributed by atoms with Crippen LogP contribution in [-0.4, -0.2) is 75.9 Å². The second-order valence-electron chi connectivity index (χ2n) is 9.77. The Hall–Kier alpha value is -1.83. The Labute approximate surface area is 167 Å². The molecule has 1 atom stereocenters. The first-order chi connectivity index (χ1) is 12.7. The molecule has 160 valence electrons. The number of hydrogen-bond acceptors (Lipinski definition) is 6. The van der Waals surface area contributed by atoms with Crippen molar-refractivity contribution in [1.82, 2.24) is 9.80 Å². The molecule has 0 aliphatic carbocycles. The van der Waals surface area contributed by atoms with Gasteiger partial charge in [-0.1, -0.05) is 0 Å². The first kappa shape index (κ1) is 22.5. The molecule has 28 heavy (non-hydrogen) atoms. The van der Waals surface area contributed by atoms with Crippen molar-refractivity contribution in [2.45, 2.75) is 77.6 Å². The molecule has 2 fully saturated rings. The van der Waals surface area contributed by atoms with E-state index < -0.39 is 34.9 Å². The fourth-order valence-electron chi connectivity index (χ4n) is 3.55. The molecule has 2 rings (SSSR count).